The lowest BCUT2D eigenvalue weighted by Crippen LogP contribution is -2.51. The number of quaternary nitrogens is 1. The maximum absolute atomic E-state index is 13.0. The van der Waals surface area contributed by atoms with Gasteiger partial charge in [-0.3, -0.25) is 9.59 Å². The molecule has 10 heteroatoms. The van der Waals surface area contributed by atoms with Crippen LogP contribution >= 0.6 is 0 Å². The van der Waals surface area contributed by atoms with Crippen LogP contribution in [-0.4, -0.2) is 67.0 Å². The van der Waals surface area contributed by atoms with Gasteiger partial charge < -0.3 is 5.32 Å². The van der Waals surface area contributed by atoms with Gasteiger partial charge in [0.25, 0.3) is 0 Å². The van der Waals surface area contributed by atoms with E-state index >= 15 is 0 Å². The summed E-state index contributed by atoms with van der Waals surface area (Å²) in [4.78, 5) is 36.0. The molecule has 1 fully saturated rings. The third-order valence-electron chi connectivity index (χ3n) is 4.69. The van der Waals surface area contributed by atoms with E-state index in [4.69, 9.17) is 0 Å². The van der Waals surface area contributed by atoms with E-state index in [0.717, 1.165) is 9.87 Å². The third-order valence-corrected chi connectivity index (χ3v) is 6.51. The molecule has 0 aromatic heterocycles. The second-order valence-electron chi connectivity index (χ2n) is 6.53. The molecule has 148 valence electrons. The molecular formula is C18H21N4O5S+. The van der Waals surface area contributed by atoms with Gasteiger partial charge in [0.15, 0.2) is 0 Å². The molecule has 0 saturated carbocycles. The van der Waals surface area contributed by atoms with E-state index in [0.29, 0.717) is 6.29 Å². The van der Waals surface area contributed by atoms with Crippen molar-refractivity contribution in [1.29, 1.82) is 0 Å². The standard InChI is InChI=1S/C18H20N4O5S/c23-14-16-6-8-20-22(16,13-15-4-2-1-3-5-15)18(25)7-11-28(26,27)21-10-9-19-17(24)12-21/h1-6,8,14H,7,9-13H2/p+1. The van der Waals surface area contributed by atoms with Crippen LogP contribution in [0.15, 0.2) is 47.2 Å². The molecule has 0 radical (unpaired) electrons. The van der Waals surface area contributed by atoms with Crippen molar-refractivity contribution in [2.75, 3.05) is 25.4 Å². The summed E-state index contributed by atoms with van der Waals surface area (Å²) in [7, 11) is -3.78. The van der Waals surface area contributed by atoms with Gasteiger partial charge >= 0.3 is 5.91 Å². The highest BCUT2D eigenvalue weighted by molar-refractivity contribution is 7.89. The van der Waals surface area contributed by atoms with E-state index in [1.54, 1.807) is 0 Å². The fourth-order valence-electron chi connectivity index (χ4n) is 3.20. The number of hydrogen-bond donors (Lipinski definition) is 1. The Morgan fingerprint density at radius 3 is 2.71 bits per heavy atom. The van der Waals surface area contributed by atoms with Crippen LogP contribution in [0.25, 0.3) is 0 Å². The van der Waals surface area contributed by atoms with Crippen LogP contribution in [0.2, 0.25) is 0 Å². The maximum atomic E-state index is 13.0. The Bertz CT molecular complexity index is 942. The number of amides is 2. The van der Waals surface area contributed by atoms with Gasteiger partial charge in [0.1, 0.15) is 6.54 Å². The van der Waals surface area contributed by atoms with Gasteiger partial charge in [-0.2, -0.15) is 4.31 Å². The van der Waals surface area contributed by atoms with Crippen molar-refractivity contribution >= 4 is 34.3 Å². The first-order valence-electron chi connectivity index (χ1n) is 8.79. The molecule has 1 unspecified atom stereocenters. The summed E-state index contributed by atoms with van der Waals surface area (Å²) in [5, 5.41) is 6.77. The minimum Gasteiger partial charge on any atom is -0.354 e. The molecule has 2 aliphatic rings. The molecule has 1 saturated heterocycles. The number of carbonyl (C=O) groups is 3. The number of sulfonamides is 1. The van der Waals surface area contributed by atoms with Crippen LogP contribution in [0.4, 0.5) is 0 Å². The molecule has 28 heavy (non-hydrogen) atoms. The third kappa shape index (κ3) is 4.08. The van der Waals surface area contributed by atoms with Gasteiger partial charge in [0.2, 0.25) is 27.9 Å². The van der Waals surface area contributed by atoms with Crippen molar-refractivity contribution in [1.82, 2.24) is 9.62 Å². The number of rotatable bonds is 7. The molecule has 1 N–H and O–H groups in total. The molecule has 2 heterocycles. The van der Waals surface area contributed by atoms with Crippen LogP contribution in [0.3, 0.4) is 0 Å². The zero-order chi connectivity index (χ0) is 20.2. The topological polar surface area (TPSA) is 113 Å². The number of benzene rings is 1. The normalized spacial score (nSPS) is 22.6. The highest BCUT2D eigenvalue weighted by atomic mass is 32.2. The van der Waals surface area contributed by atoms with Gasteiger partial charge in [0.05, 0.1) is 24.9 Å². The molecule has 1 atom stereocenters. The number of nitrogens with one attached hydrogen (secondary N) is 1. The zero-order valence-electron chi connectivity index (χ0n) is 15.2. The summed E-state index contributed by atoms with van der Waals surface area (Å²) in [6.07, 6.45) is 3.08. The molecule has 1 aromatic carbocycles. The fourth-order valence-corrected chi connectivity index (χ4v) is 4.57. The minimum absolute atomic E-state index is 0.118. The van der Waals surface area contributed by atoms with Crippen LogP contribution in [0.1, 0.15) is 12.0 Å². The van der Waals surface area contributed by atoms with Crippen molar-refractivity contribution in [3.63, 3.8) is 0 Å². The largest absolute Gasteiger partial charge is 0.354 e. The maximum Gasteiger partial charge on any atom is 0.346 e. The fraction of sp³-hybridized carbons (Fsp3) is 0.333. The zero-order valence-corrected chi connectivity index (χ0v) is 16.0. The highest BCUT2D eigenvalue weighted by Crippen LogP contribution is 2.27. The molecule has 1 aromatic rings. The van der Waals surface area contributed by atoms with E-state index in [9.17, 15) is 22.8 Å². The van der Waals surface area contributed by atoms with Gasteiger partial charge in [-0.1, -0.05) is 40.0 Å². The Hall–Kier alpha value is -2.69. The monoisotopic (exact) mass is 405 g/mol. The molecule has 2 aliphatic heterocycles. The first-order valence-corrected chi connectivity index (χ1v) is 10.4. The summed E-state index contributed by atoms with van der Waals surface area (Å²) < 4.78 is 25.5. The van der Waals surface area contributed by atoms with Crippen molar-refractivity contribution in [3.8, 4) is 0 Å². The lowest BCUT2D eigenvalue weighted by Gasteiger charge is -2.28. The van der Waals surface area contributed by atoms with Gasteiger partial charge in [-0.25, -0.2) is 13.2 Å². The summed E-state index contributed by atoms with van der Waals surface area (Å²) in [5.41, 5.74) is 0.946. The van der Waals surface area contributed by atoms with E-state index in [-0.39, 0.29) is 44.2 Å². The molecular weight excluding hydrogens is 384 g/mol. The lowest BCUT2D eigenvalue weighted by molar-refractivity contribution is -0.829. The van der Waals surface area contributed by atoms with Crippen molar-refractivity contribution in [3.05, 3.63) is 47.7 Å². The Balaban J connectivity index is 1.77. The van der Waals surface area contributed by atoms with Crippen LogP contribution in [0.5, 0.6) is 0 Å². The van der Waals surface area contributed by atoms with Crippen molar-refractivity contribution in [2.24, 2.45) is 5.10 Å². The first kappa shape index (κ1) is 20.1. The predicted octanol–water partition coefficient (Wildman–Crippen LogP) is -0.236. The minimum atomic E-state index is -3.78. The van der Waals surface area contributed by atoms with E-state index < -0.39 is 26.3 Å². The average Bonchev–Trinajstić information content (AvgIpc) is 3.10. The highest BCUT2D eigenvalue weighted by Gasteiger charge is 2.45. The number of nitrogens with zero attached hydrogens (tertiary/aromatic N) is 3. The predicted molar refractivity (Wildman–Crippen MR) is 101 cm³/mol. The van der Waals surface area contributed by atoms with Crippen LogP contribution < -0.4 is 5.32 Å². The Morgan fingerprint density at radius 2 is 2.04 bits per heavy atom. The second-order valence-corrected chi connectivity index (χ2v) is 8.62. The Labute approximate surface area is 162 Å². The van der Waals surface area contributed by atoms with Gasteiger partial charge in [-0.15, -0.1) is 0 Å². The smallest absolute Gasteiger partial charge is 0.346 e. The number of carbonyl (C=O) groups excluding carboxylic acids is 3. The lowest BCUT2D eigenvalue weighted by atomic mass is 10.2. The number of hydrogen-bond acceptors (Lipinski definition) is 6. The van der Waals surface area contributed by atoms with Crippen molar-refractivity contribution in [2.45, 2.75) is 13.0 Å². The molecule has 3 rings (SSSR count). The number of aldehydes is 1. The number of allylic oxidation sites excluding steroid dienone is 2. The summed E-state index contributed by atoms with van der Waals surface area (Å²) in [6, 6.07) is 9.08. The van der Waals surface area contributed by atoms with E-state index in [1.807, 2.05) is 30.3 Å². The number of piperazine rings is 1. The van der Waals surface area contributed by atoms with E-state index in [1.165, 1.54) is 12.3 Å². The van der Waals surface area contributed by atoms with Crippen LogP contribution in [0, 0.1) is 0 Å². The summed E-state index contributed by atoms with van der Waals surface area (Å²) in [5.74, 6) is -1.32. The summed E-state index contributed by atoms with van der Waals surface area (Å²) >= 11 is 0. The Morgan fingerprint density at radius 1 is 1.29 bits per heavy atom. The molecule has 0 bridgehead atoms. The van der Waals surface area contributed by atoms with Crippen LogP contribution in [-0.2, 0) is 31.0 Å². The van der Waals surface area contributed by atoms with Gasteiger partial charge in [0, 0.05) is 24.7 Å². The van der Waals surface area contributed by atoms with Crippen molar-refractivity contribution < 1.29 is 27.4 Å². The second kappa shape index (κ2) is 8.13. The molecule has 2 amide bonds. The molecule has 0 spiro atoms. The first-order chi connectivity index (χ1) is 13.4. The quantitative estimate of drug-likeness (QED) is 0.497. The average molecular weight is 405 g/mol. The van der Waals surface area contributed by atoms with E-state index in [2.05, 4.69) is 10.4 Å². The van der Waals surface area contributed by atoms with Gasteiger partial charge in [-0.05, 0) is 0 Å². The SMILES string of the molecule is O=CC1=CC=N[N+]1(Cc1ccccc1)C(=O)CCS(=O)(=O)N1CCNC(=O)C1. The molecule has 9 nitrogen and oxygen atoms in total. The summed E-state index contributed by atoms with van der Waals surface area (Å²) in [6.45, 7) is 0.275. The Kier molecular flexibility index (Phi) is 5.82. The molecule has 0 aliphatic carbocycles.